The summed E-state index contributed by atoms with van der Waals surface area (Å²) < 4.78 is 0. The molecule has 0 heterocycles. The van der Waals surface area contributed by atoms with Gasteiger partial charge in [0.2, 0.25) is 47.3 Å². The molecule has 15 N–H and O–H groups in total. The van der Waals surface area contributed by atoms with Crippen LogP contribution in [0.3, 0.4) is 0 Å². The second-order valence-corrected chi connectivity index (χ2v) is 17.0. The quantitative estimate of drug-likeness (QED) is 0.0426. The van der Waals surface area contributed by atoms with Crippen molar-refractivity contribution in [2.45, 2.75) is 121 Å². The van der Waals surface area contributed by atoms with E-state index in [2.05, 4.69) is 37.2 Å². The summed E-state index contributed by atoms with van der Waals surface area (Å²) in [6.07, 6.45) is -2.49. The maximum atomic E-state index is 14.5. The lowest BCUT2D eigenvalue weighted by molar-refractivity contribution is -0.142. The van der Waals surface area contributed by atoms with E-state index in [1.165, 1.54) is 69.3 Å². The molecule has 0 bridgehead atoms. The second kappa shape index (κ2) is 26.7. The number of carboxylic acid groups (broad SMARTS) is 1. The Morgan fingerprint density at radius 1 is 0.493 bits per heavy atom. The van der Waals surface area contributed by atoms with E-state index in [1.54, 1.807) is 44.2 Å². The minimum Gasteiger partial charge on any atom is -0.508 e. The molecule has 0 saturated heterocycles. The van der Waals surface area contributed by atoms with Crippen molar-refractivity contribution in [3.63, 3.8) is 0 Å². The molecule has 9 atom stereocenters. The van der Waals surface area contributed by atoms with E-state index in [0.717, 1.165) is 0 Å². The smallest absolute Gasteiger partial charge is 0.325 e. The average molecular weight is 962 g/mol. The van der Waals surface area contributed by atoms with Crippen LogP contribution in [0.2, 0.25) is 0 Å². The number of phenols is 2. The van der Waals surface area contributed by atoms with Gasteiger partial charge in [-0.2, -0.15) is 0 Å². The van der Waals surface area contributed by atoms with Crippen molar-refractivity contribution in [1.82, 2.24) is 37.2 Å². The molecular formula is C47H63N9O13. The molecule has 3 rings (SSSR count). The van der Waals surface area contributed by atoms with Crippen molar-refractivity contribution in [2.24, 2.45) is 17.4 Å². The number of primary amides is 1. The zero-order valence-corrected chi connectivity index (χ0v) is 38.9. The number of rotatable bonds is 26. The molecule has 3 aromatic carbocycles. The van der Waals surface area contributed by atoms with E-state index in [1.807, 2.05) is 0 Å². The van der Waals surface area contributed by atoms with Gasteiger partial charge in [0.15, 0.2) is 0 Å². The van der Waals surface area contributed by atoms with Gasteiger partial charge >= 0.3 is 5.97 Å². The van der Waals surface area contributed by atoms with Crippen molar-refractivity contribution >= 4 is 53.2 Å². The Morgan fingerprint density at radius 3 is 1.30 bits per heavy atom. The van der Waals surface area contributed by atoms with Gasteiger partial charge < -0.3 is 69.1 Å². The van der Waals surface area contributed by atoms with Crippen molar-refractivity contribution in [1.29, 1.82) is 0 Å². The summed E-state index contributed by atoms with van der Waals surface area (Å²) in [6, 6.07) is 8.69. The molecule has 0 aliphatic rings. The van der Waals surface area contributed by atoms with Gasteiger partial charge in [0, 0.05) is 25.7 Å². The molecular weight excluding hydrogens is 899 g/mol. The molecule has 374 valence electrons. The number of carbonyl (C=O) groups is 9. The molecule has 3 aromatic rings. The highest BCUT2D eigenvalue weighted by Gasteiger charge is 2.35. The Morgan fingerprint density at radius 2 is 0.884 bits per heavy atom. The van der Waals surface area contributed by atoms with Gasteiger partial charge in [-0.25, -0.2) is 0 Å². The Bertz CT molecular complexity index is 2260. The Hall–Kier alpha value is -7.59. The molecule has 0 aromatic heterocycles. The van der Waals surface area contributed by atoms with Gasteiger partial charge in [0.05, 0.1) is 12.1 Å². The van der Waals surface area contributed by atoms with E-state index in [9.17, 15) is 63.6 Å². The van der Waals surface area contributed by atoms with Crippen LogP contribution in [-0.2, 0) is 62.4 Å². The third-order valence-electron chi connectivity index (χ3n) is 10.8. The predicted octanol–water partition coefficient (Wildman–Crippen LogP) is -1.73. The van der Waals surface area contributed by atoms with Crippen LogP contribution in [0.15, 0.2) is 78.9 Å². The number of aliphatic hydroxyl groups excluding tert-OH is 1. The zero-order chi connectivity index (χ0) is 51.5. The van der Waals surface area contributed by atoms with E-state index in [-0.39, 0.29) is 43.6 Å². The Labute approximate surface area is 398 Å². The number of carbonyl (C=O) groups excluding carboxylic acids is 8. The molecule has 8 amide bonds. The van der Waals surface area contributed by atoms with Gasteiger partial charge in [0.25, 0.3) is 0 Å². The number of hydrogen-bond donors (Lipinski definition) is 13. The lowest BCUT2D eigenvalue weighted by Gasteiger charge is -2.28. The van der Waals surface area contributed by atoms with Crippen LogP contribution >= 0.6 is 0 Å². The van der Waals surface area contributed by atoms with Crippen LogP contribution < -0.4 is 48.7 Å². The van der Waals surface area contributed by atoms with Gasteiger partial charge in [-0.3, -0.25) is 43.2 Å². The second-order valence-electron chi connectivity index (χ2n) is 17.0. The highest BCUT2D eigenvalue weighted by molar-refractivity contribution is 5.98. The van der Waals surface area contributed by atoms with Crippen LogP contribution in [0, 0.1) is 5.92 Å². The van der Waals surface area contributed by atoms with Crippen LogP contribution in [0.5, 0.6) is 11.5 Å². The van der Waals surface area contributed by atoms with Gasteiger partial charge in [-0.05, 0) is 74.1 Å². The number of phenolic OH excluding ortho intramolecular Hbond substituents is 2. The van der Waals surface area contributed by atoms with Crippen LogP contribution in [-0.4, -0.2) is 128 Å². The highest BCUT2D eigenvalue weighted by Crippen LogP contribution is 2.15. The maximum absolute atomic E-state index is 14.5. The van der Waals surface area contributed by atoms with Crippen molar-refractivity contribution in [3.05, 3.63) is 95.6 Å². The van der Waals surface area contributed by atoms with Gasteiger partial charge in [-0.15, -0.1) is 0 Å². The van der Waals surface area contributed by atoms with Gasteiger partial charge in [-0.1, -0.05) is 68.4 Å². The molecule has 0 saturated carbocycles. The molecule has 0 aliphatic heterocycles. The zero-order valence-electron chi connectivity index (χ0n) is 38.9. The molecule has 0 fully saturated rings. The van der Waals surface area contributed by atoms with E-state index < -0.39 is 114 Å². The minimum atomic E-state index is -1.64. The monoisotopic (exact) mass is 961 g/mol. The summed E-state index contributed by atoms with van der Waals surface area (Å²) in [5.74, 6) is -8.89. The first-order chi connectivity index (χ1) is 32.4. The Kier molecular flexibility index (Phi) is 21.5. The minimum absolute atomic E-state index is 0.0877. The first-order valence-electron chi connectivity index (χ1n) is 22.1. The molecule has 0 unspecified atom stereocenters. The molecule has 69 heavy (non-hydrogen) atoms. The number of hydrogen-bond acceptors (Lipinski definition) is 13. The molecule has 0 spiro atoms. The topological polar surface area (TPSA) is 371 Å². The predicted molar refractivity (Wildman–Crippen MR) is 249 cm³/mol. The Balaban J connectivity index is 1.97. The fourth-order valence-corrected chi connectivity index (χ4v) is 6.67. The first kappa shape index (κ1) is 55.7. The fraction of sp³-hybridized carbons (Fsp3) is 0.426. The number of aliphatic hydroxyl groups is 1. The molecule has 22 nitrogen and oxygen atoms in total. The molecule has 22 heteroatoms. The largest absolute Gasteiger partial charge is 0.508 e. The standard InChI is InChI=1S/C47H63N9O13/c1-24(2)38(45(66)51-26(4)47(68)69)55-40(61)25(3)50-42(63)34(22-29-11-15-31(58)16-12-29)52-43(64)35(23-30-13-17-32(59)18-14-30)53-44(65)36(21-28-9-7-6-8-10-28)54-46(67)39(27(5)57)56-41(62)33(48)19-20-37(49)60/h6-18,24-27,33-36,38-39,57-59H,19-23,48H2,1-5H3,(H2,49,60)(H,50,63)(H,51,66)(H,52,64)(H,53,65)(H,54,67)(H,55,61)(H,56,62)(H,68,69)/t25-,26-,27+,33-,34-,35-,36-,38-,39-/m0/s1. The number of benzene rings is 3. The molecule has 0 radical (unpaired) electrons. The SMILES string of the molecule is CC(C)[C@H](NC(=O)[C@H](C)NC(=O)[C@H](Cc1ccc(O)cc1)NC(=O)[C@H](Cc1ccc(O)cc1)NC(=O)[C@H](Cc1ccccc1)NC(=O)[C@@H](NC(=O)[C@@H](N)CCC(N)=O)[C@@H](C)O)C(=O)N[C@@H](C)C(=O)O. The summed E-state index contributed by atoms with van der Waals surface area (Å²) in [7, 11) is 0. The number of aromatic hydroxyl groups is 2. The lowest BCUT2D eigenvalue weighted by Crippen LogP contribution is -2.61. The van der Waals surface area contributed by atoms with E-state index in [4.69, 9.17) is 11.5 Å². The number of aliphatic carboxylic acids is 1. The number of nitrogens with one attached hydrogen (secondary N) is 7. The van der Waals surface area contributed by atoms with Gasteiger partial charge in [0.1, 0.15) is 53.8 Å². The third kappa shape index (κ3) is 18.5. The fourth-order valence-electron chi connectivity index (χ4n) is 6.67. The summed E-state index contributed by atoms with van der Waals surface area (Å²) >= 11 is 0. The number of carboxylic acids is 1. The van der Waals surface area contributed by atoms with Crippen LogP contribution in [0.4, 0.5) is 0 Å². The van der Waals surface area contributed by atoms with E-state index >= 15 is 0 Å². The molecule has 0 aliphatic carbocycles. The third-order valence-corrected chi connectivity index (χ3v) is 10.8. The van der Waals surface area contributed by atoms with Crippen molar-refractivity contribution in [3.8, 4) is 11.5 Å². The summed E-state index contributed by atoms with van der Waals surface area (Å²) in [6.45, 7) is 7.03. The lowest BCUT2D eigenvalue weighted by atomic mass is 10.00. The average Bonchev–Trinajstić information content (AvgIpc) is 3.29. The summed E-state index contributed by atoms with van der Waals surface area (Å²) in [5, 5.41) is 57.3. The maximum Gasteiger partial charge on any atom is 0.325 e. The highest BCUT2D eigenvalue weighted by atomic mass is 16.4. The summed E-state index contributed by atoms with van der Waals surface area (Å²) in [5.41, 5.74) is 12.5. The van der Waals surface area contributed by atoms with E-state index in [0.29, 0.717) is 16.7 Å². The summed E-state index contributed by atoms with van der Waals surface area (Å²) in [4.78, 5) is 119. The number of nitrogens with two attached hydrogens (primary N) is 2. The first-order valence-corrected chi connectivity index (χ1v) is 22.1. The van der Waals surface area contributed by atoms with Crippen molar-refractivity contribution < 1.29 is 63.6 Å². The normalized spacial score (nSPS) is 15.0. The van der Waals surface area contributed by atoms with Crippen LogP contribution in [0.1, 0.15) is 64.2 Å². The van der Waals surface area contributed by atoms with Crippen LogP contribution in [0.25, 0.3) is 0 Å². The van der Waals surface area contributed by atoms with Crippen molar-refractivity contribution in [2.75, 3.05) is 0 Å². The number of amides is 8.